The monoisotopic (exact) mass is 414 g/mol. The lowest BCUT2D eigenvalue weighted by Gasteiger charge is -2.22. The number of carbonyl (C=O) groups is 2. The summed E-state index contributed by atoms with van der Waals surface area (Å²) >= 11 is 0. The predicted molar refractivity (Wildman–Crippen MR) is 128 cm³/mol. The molecule has 0 aromatic heterocycles. The molecule has 0 heterocycles. The normalized spacial score (nSPS) is 11.3. The molecule has 2 nitrogen and oxygen atoms in total. The molecule has 0 aliphatic heterocycles. The zero-order chi connectivity index (χ0) is 22.2. The van der Waals surface area contributed by atoms with Crippen molar-refractivity contribution < 1.29 is 9.59 Å². The summed E-state index contributed by atoms with van der Waals surface area (Å²) in [4.78, 5) is 27.4. The Morgan fingerprint density at radius 1 is 0.531 bits per heavy atom. The van der Waals surface area contributed by atoms with Gasteiger partial charge in [-0.3, -0.25) is 9.59 Å². The minimum Gasteiger partial charge on any atom is -0.293 e. The van der Waals surface area contributed by atoms with Gasteiger partial charge < -0.3 is 0 Å². The van der Waals surface area contributed by atoms with Crippen LogP contribution < -0.4 is 0 Å². The summed E-state index contributed by atoms with van der Waals surface area (Å²) in [5.41, 5.74) is 2.69. The van der Waals surface area contributed by atoms with Gasteiger partial charge in [0.15, 0.2) is 11.6 Å². The second kappa shape index (κ2) is 10.2. The summed E-state index contributed by atoms with van der Waals surface area (Å²) in [7, 11) is 0. The average molecular weight is 415 g/mol. The van der Waals surface area contributed by atoms with Gasteiger partial charge in [0.25, 0.3) is 0 Å². The predicted octanol–water partition coefficient (Wildman–Crippen LogP) is 6.20. The maximum atomic E-state index is 13.7. The first kappa shape index (κ1) is 21.0. The number of hydrogen-bond acceptors (Lipinski definition) is 2. The number of benzene rings is 4. The molecule has 2 heteroatoms. The lowest BCUT2D eigenvalue weighted by atomic mass is 9.77. The van der Waals surface area contributed by atoms with Crippen LogP contribution in [0.1, 0.15) is 37.8 Å². The largest absolute Gasteiger partial charge is 0.293 e. The molecule has 0 aliphatic rings. The molecule has 0 saturated carbocycles. The molecule has 0 saturated heterocycles. The van der Waals surface area contributed by atoms with Crippen LogP contribution in [0.5, 0.6) is 0 Å². The number of rotatable bonds is 6. The number of hydrogen-bond donors (Lipinski definition) is 0. The Hall–Kier alpha value is -4.22. The number of Topliss-reactive ketones (excluding diaryl/α,β-unsaturated/α-hetero) is 2. The third-order valence-electron chi connectivity index (χ3n) is 5.32. The van der Waals surface area contributed by atoms with E-state index < -0.39 is 11.8 Å². The fourth-order valence-electron chi connectivity index (χ4n) is 3.69. The molecule has 1 atom stereocenters. The van der Waals surface area contributed by atoms with E-state index in [1.807, 2.05) is 97.1 Å². The van der Waals surface area contributed by atoms with E-state index >= 15 is 0 Å². The van der Waals surface area contributed by atoms with Crippen LogP contribution in [0.4, 0.5) is 0 Å². The van der Waals surface area contributed by atoms with Crippen molar-refractivity contribution in [3.63, 3.8) is 0 Å². The van der Waals surface area contributed by atoms with Crippen LogP contribution in [0.3, 0.4) is 0 Å². The van der Waals surface area contributed by atoms with Crippen molar-refractivity contribution >= 4 is 11.6 Å². The smallest absolute Gasteiger partial charge is 0.175 e. The first-order chi connectivity index (χ1) is 15.7. The topological polar surface area (TPSA) is 34.1 Å². The van der Waals surface area contributed by atoms with Gasteiger partial charge in [-0.1, -0.05) is 121 Å². The van der Waals surface area contributed by atoms with Gasteiger partial charge in [-0.2, -0.15) is 0 Å². The third-order valence-corrected chi connectivity index (χ3v) is 5.32. The Morgan fingerprint density at radius 3 is 1.41 bits per heavy atom. The summed E-state index contributed by atoms with van der Waals surface area (Å²) in [6.45, 7) is 0. The first-order valence-electron chi connectivity index (χ1n) is 10.5. The molecular formula is C30H22O2. The van der Waals surface area contributed by atoms with Gasteiger partial charge in [-0.15, -0.1) is 0 Å². The fourth-order valence-corrected chi connectivity index (χ4v) is 3.69. The van der Waals surface area contributed by atoms with Crippen molar-refractivity contribution in [1.82, 2.24) is 0 Å². The second-order valence-electron chi connectivity index (χ2n) is 7.46. The molecule has 0 aliphatic carbocycles. The molecule has 0 bridgehead atoms. The first-order valence-corrected chi connectivity index (χ1v) is 10.5. The molecule has 0 N–H and O–H groups in total. The maximum absolute atomic E-state index is 13.7. The van der Waals surface area contributed by atoms with Crippen molar-refractivity contribution in [2.75, 3.05) is 0 Å². The molecule has 32 heavy (non-hydrogen) atoms. The van der Waals surface area contributed by atoms with E-state index in [4.69, 9.17) is 0 Å². The van der Waals surface area contributed by atoms with E-state index in [-0.39, 0.29) is 11.6 Å². The summed E-state index contributed by atoms with van der Waals surface area (Å²) in [6.07, 6.45) is 0. The molecule has 4 rings (SSSR count). The average Bonchev–Trinajstić information content (AvgIpc) is 2.88. The molecule has 4 aromatic rings. The highest BCUT2D eigenvalue weighted by atomic mass is 16.2. The summed E-state index contributed by atoms with van der Waals surface area (Å²) in [5.74, 6) is 4.45. The van der Waals surface area contributed by atoms with Gasteiger partial charge in [-0.05, 0) is 17.7 Å². The number of carbonyl (C=O) groups excluding carboxylic acids is 2. The summed E-state index contributed by atoms with van der Waals surface area (Å²) < 4.78 is 0. The minimum atomic E-state index is -0.960. The zero-order valence-corrected chi connectivity index (χ0v) is 17.5. The second-order valence-corrected chi connectivity index (χ2v) is 7.46. The fraction of sp³-hybridized carbons (Fsp3) is 0.0667. The van der Waals surface area contributed by atoms with E-state index in [1.54, 1.807) is 24.3 Å². The van der Waals surface area contributed by atoms with E-state index in [0.717, 1.165) is 11.1 Å². The van der Waals surface area contributed by atoms with Crippen LogP contribution in [-0.4, -0.2) is 11.6 Å². The van der Waals surface area contributed by atoms with E-state index in [9.17, 15) is 9.59 Å². The standard InChI is InChI=1S/C30H22O2/c31-29(25-17-9-3-10-18-25)28(30(32)26-19-11-4-12-20-26)27(24-15-7-2-8-16-24)22-21-23-13-5-1-6-14-23/h1-20,27-28H. The van der Waals surface area contributed by atoms with Crippen molar-refractivity contribution in [2.45, 2.75) is 5.92 Å². The van der Waals surface area contributed by atoms with Crippen molar-refractivity contribution in [3.8, 4) is 11.8 Å². The minimum absolute atomic E-state index is 0.226. The van der Waals surface area contributed by atoms with Crippen molar-refractivity contribution in [1.29, 1.82) is 0 Å². The van der Waals surface area contributed by atoms with Crippen LogP contribution in [0.25, 0.3) is 0 Å². The number of ketones is 2. The quantitative estimate of drug-likeness (QED) is 0.214. The van der Waals surface area contributed by atoms with Gasteiger partial charge >= 0.3 is 0 Å². The van der Waals surface area contributed by atoms with Gasteiger partial charge in [0.2, 0.25) is 0 Å². The molecule has 0 spiro atoms. The summed E-state index contributed by atoms with van der Waals surface area (Å²) in [6, 6.07) is 37.1. The van der Waals surface area contributed by atoms with Crippen LogP contribution in [0, 0.1) is 17.8 Å². The molecule has 0 fully saturated rings. The van der Waals surface area contributed by atoms with Crippen LogP contribution >= 0.6 is 0 Å². The molecule has 0 radical (unpaired) electrons. The maximum Gasteiger partial charge on any atom is 0.175 e. The highest BCUT2D eigenvalue weighted by molar-refractivity contribution is 6.17. The van der Waals surface area contributed by atoms with Gasteiger partial charge in [-0.25, -0.2) is 0 Å². The molecular weight excluding hydrogens is 392 g/mol. The molecule has 0 amide bonds. The lowest BCUT2D eigenvalue weighted by Crippen LogP contribution is -2.30. The Labute approximate surface area is 188 Å². The Balaban J connectivity index is 1.85. The third kappa shape index (κ3) is 4.91. The Bertz CT molecular complexity index is 1180. The van der Waals surface area contributed by atoms with Crippen molar-refractivity contribution in [2.24, 2.45) is 5.92 Å². The summed E-state index contributed by atoms with van der Waals surface area (Å²) in [5, 5.41) is 0. The van der Waals surface area contributed by atoms with Gasteiger partial charge in [0, 0.05) is 16.7 Å². The highest BCUT2D eigenvalue weighted by Gasteiger charge is 2.36. The SMILES string of the molecule is O=C(c1ccccc1)C(C(=O)c1ccccc1)C(C#Cc1ccccc1)c1ccccc1. The Morgan fingerprint density at radius 2 is 0.938 bits per heavy atom. The van der Waals surface area contributed by atoms with Gasteiger partial charge in [0.05, 0.1) is 5.92 Å². The molecule has 1 unspecified atom stereocenters. The van der Waals surface area contributed by atoms with Crippen LogP contribution in [0.15, 0.2) is 121 Å². The van der Waals surface area contributed by atoms with Gasteiger partial charge in [0.1, 0.15) is 5.92 Å². The van der Waals surface area contributed by atoms with Crippen molar-refractivity contribution in [3.05, 3.63) is 144 Å². The zero-order valence-electron chi connectivity index (χ0n) is 17.5. The lowest BCUT2D eigenvalue weighted by molar-refractivity contribution is 0.0797. The van der Waals surface area contributed by atoms with E-state index in [2.05, 4.69) is 11.8 Å². The van der Waals surface area contributed by atoms with Crippen LogP contribution in [0.2, 0.25) is 0 Å². The van der Waals surface area contributed by atoms with E-state index in [1.165, 1.54) is 0 Å². The highest BCUT2D eigenvalue weighted by Crippen LogP contribution is 2.30. The Kier molecular flexibility index (Phi) is 6.70. The van der Waals surface area contributed by atoms with Crippen LogP contribution in [-0.2, 0) is 0 Å². The molecule has 154 valence electrons. The molecule has 4 aromatic carbocycles. The van der Waals surface area contributed by atoms with E-state index in [0.29, 0.717) is 11.1 Å².